The van der Waals surface area contributed by atoms with Crippen molar-refractivity contribution in [2.24, 2.45) is 5.92 Å². The van der Waals surface area contributed by atoms with E-state index in [-0.39, 0.29) is 17.2 Å². The fraction of sp³-hybridized carbons (Fsp3) is 0.562. The van der Waals surface area contributed by atoms with Crippen molar-refractivity contribution in [1.82, 2.24) is 10.2 Å². The number of amides is 1. The third kappa shape index (κ3) is 4.36. The number of rotatable bonds is 6. The van der Waals surface area contributed by atoms with Gasteiger partial charge in [-0.15, -0.1) is 0 Å². The Morgan fingerprint density at radius 3 is 2.76 bits per heavy atom. The number of benzene rings is 1. The van der Waals surface area contributed by atoms with Crippen LogP contribution < -0.4 is 10.1 Å². The lowest BCUT2D eigenvalue weighted by Gasteiger charge is -2.20. The molecule has 1 aliphatic rings. The standard InChI is InChI=1S/C16H24N2O3/c1-12(11-18-7-3-4-8-18)10-17-16(20)14-6-5-13(21-2)9-15(14)19/h5-6,9,12,19H,3-4,7-8,10-11H2,1-2H3,(H,17,20). The van der Waals surface area contributed by atoms with Crippen LogP contribution in [0.25, 0.3) is 0 Å². The molecule has 5 nitrogen and oxygen atoms in total. The lowest BCUT2D eigenvalue weighted by Crippen LogP contribution is -2.34. The van der Waals surface area contributed by atoms with Gasteiger partial charge in [-0.1, -0.05) is 6.92 Å². The fourth-order valence-corrected chi connectivity index (χ4v) is 2.66. The van der Waals surface area contributed by atoms with E-state index < -0.39 is 0 Å². The first kappa shape index (κ1) is 15.6. The minimum Gasteiger partial charge on any atom is -0.507 e. The van der Waals surface area contributed by atoms with Crippen molar-refractivity contribution in [2.75, 3.05) is 33.3 Å². The van der Waals surface area contributed by atoms with Crippen LogP contribution in [0.2, 0.25) is 0 Å². The van der Waals surface area contributed by atoms with E-state index in [1.807, 2.05) is 0 Å². The SMILES string of the molecule is COc1ccc(C(=O)NCC(C)CN2CCCC2)c(O)c1. The first-order chi connectivity index (χ1) is 10.1. The molecule has 1 atom stereocenters. The van der Waals surface area contributed by atoms with Gasteiger partial charge in [0.25, 0.3) is 5.91 Å². The highest BCUT2D eigenvalue weighted by Gasteiger charge is 2.16. The van der Waals surface area contributed by atoms with Gasteiger partial charge in [0.05, 0.1) is 12.7 Å². The van der Waals surface area contributed by atoms with Crippen LogP contribution in [-0.4, -0.2) is 49.2 Å². The molecule has 1 aliphatic heterocycles. The van der Waals surface area contributed by atoms with E-state index in [2.05, 4.69) is 17.1 Å². The summed E-state index contributed by atoms with van der Waals surface area (Å²) in [6.07, 6.45) is 2.55. The van der Waals surface area contributed by atoms with Crippen LogP contribution in [0.15, 0.2) is 18.2 Å². The van der Waals surface area contributed by atoms with Crippen molar-refractivity contribution in [3.8, 4) is 11.5 Å². The van der Waals surface area contributed by atoms with Gasteiger partial charge in [-0.2, -0.15) is 0 Å². The third-order valence-corrected chi connectivity index (χ3v) is 3.83. The molecule has 2 N–H and O–H groups in total. The first-order valence-electron chi connectivity index (χ1n) is 7.47. The predicted octanol–water partition coefficient (Wildman–Crippen LogP) is 1.86. The Bertz CT molecular complexity index is 484. The average Bonchev–Trinajstić information content (AvgIpc) is 2.97. The molecule has 1 heterocycles. The minimum absolute atomic E-state index is 0.0564. The summed E-state index contributed by atoms with van der Waals surface area (Å²) in [5.74, 6) is 0.626. The highest BCUT2D eigenvalue weighted by Crippen LogP contribution is 2.23. The smallest absolute Gasteiger partial charge is 0.255 e. The number of hydrogen-bond acceptors (Lipinski definition) is 4. The second-order valence-electron chi connectivity index (χ2n) is 5.71. The van der Waals surface area contributed by atoms with E-state index in [4.69, 9.17) is 4.74 Å². The minimum atomic E-state index is -0.247. The molecule has 0 spiro atoms. The van der Waals surface area contributed by atoms with Crippen LogP contribution in [-0.2, 0) is 0 Å². The molecule has 0 bridgehead atoms. The number of ether oxygens (including phenoxy) is 1. The fourth-order valence-electron chi connectivity index (χ4n) is 2.66. The van der Waals surface area contributed by atoms with Gasteiger partial charge in [0.15, 0.2) is 0 Å². The van der Waals surface area contributed by atoms with Gasteiger partial charge in [0.2, 0.25) is 0 Å². The van der Waals surface area contributed by atoms with Crippen LogP contribution in [0.1, 0.15) is 30.1 Å². The highest BCUT2D eigenvalue weighted by molar-refractivity contribution is 5.96. The number of phenols is 1. The van der Waals surface area contributed by atoms with Crippen LogP contribution >= 0.6 is 0 Å². The van der Waals surface area contributed by atoms with Crippen molar-refractivity contribution < 1.29 is 14.6 Å². The zero-order valence-corrected chi connectivity index (χ0v) is 12.8. The molecule has 0 saturated carbocycles. The molecule has 2 rings (SSSR count). The maximum absolute atomic E-state index is 12.1. The monoisotopic (exact) mass is 292 g/mol. The summed E-state index contributed by atoms with van der Waals surface area (Å²) < 4.78 is 5.01. The Balaban J connectivity index is 1.83. The zero-order chi connectivity index (χ0) is 15.2. The molecule has 1 unspecified atom stereocenters. The molecule has 0 radical (unpaired) electrons. The molecule has 1 saturated heterocycles. The van der Waals surface area contributed by atoms with Gasteiger partial charge in [-0.05, 0) is 44.0 Å². The van der Waals surface area contributed by atoms with Gasteiger partial charge in [0.1, 0.15) is 11.5 Å². The summed E-state index contributed by atoms with van der Waals surface area (Å²) in [5.41, 5.74) is 0.282. The molecule has 116 valence electrons. The van der Waals surface area contributed by atoms with Gasteiger partial charge in [0, 0.05) is 19.2 Å². The zero-order valence-electron chi connectivity index (χ0n) is 12.8. The second-order valence-corrected chi connectivity index (χ2v) is 5.71. The molecule has 1 aromatic carbocycles. The maximum Gasteiger partial charge on any atom is 0.255 e. The van der Waals surface area contributed by atoms with Crippen molar-refractivity contribution in [1.29, 1.82) is 0 Å². The number of nitrogens with zero attached hydrogens (tertiary/aromatic N) is 1. The van der Waals surface area contributed by atoms with Crippen molar-refractivity contribution in [2.45, 2.75) is 19.8 Å². The van der Waals surface area contributed by atoms with E-state index in [9.17, 15) is 9.90 Å². The maximum atomic E-state index is 12.1. The molecule has 21 heavy (non-hydrogen) atoms. The normalized spacial score (nSPS) is 16.7. The first-order valence-corrected chi connectivity index (χ1v) is 7.47. The highest BCUT2D eigenvalue weighted by atomic mass is 16.5. The molecule has 0 aliphatic carbocycles. The van der Waals surface area contributed by atoms with E-state index in [1.54, 1.807) is 12.1 Å². The molecule has 1 amide bonds. The van der Waals surface area contributed by atoms with Crippen LogP contribution in [0, 0.1) is 5.92 Å². The largest absolute Gasteiger partial charge is 0.507 e. The van der Waals surface area contributed by atoms with Gasteiger partial charge < -0.3 is 20.1 Å². The van der Waals surface area contributed by atoms with Crippen LogP contribution in [0.5, 0.6) is 11.5 Å². The summed E-state index contributed by atoms with van der Waals surface area (Å²) in [6.45, 7) is 6.08. The number of likely N-dealkylation sites (tertiary alicyclic amines) is 1. The topological polar surface area (TPSA) is 61.8 Å². The number of carbonyl (C=O) groups excluding carboxylic acids is 1. The molecule has 1 fully saturated rings. The number of phenolic OH excluding ortho intramolecular Hbond substituents is 1. The summed E-state index contributed by atoms with van der Waals surface area (Å²) in [4.78, 5) is 14.5. The summed E-state index contributed by atoms with van der Waals surface area (Å²) >= 11 is 0. The van der Waals surface area contributed by atoms with Crippen molar-refractivity contribution in [3.63, 3.8) is 0 Å². The summed E-state index contributed by atoms with van der Waals surface area (Å²) in [7, 11) is 1.52. The Labute approximate surface area is 125 Å². The average molecular weight is 292 g/mol. The number of aromatic hydroxyl groups is 1. The van der Waals surface area contributed by atoms with E-state index in [0.717, 1.165) is 19.6 Å². The second kappa shape index (κ2) is 7.31. The number of carbonyl (C=O) groups is 1. The van der Waals surface area contributed by atoms with Gasteiger partial charge in [-0.3, -0.25) is 4.79 Å². The Kier molecular flexibility index (Phi) is 5.44. The predicted molar refractivity (Wildman–Crippen MR) is 81.8 cm³/mol. The Hall–Kier alpha value is -1.75. The van der Waals surface area contributed by atoms with Crippen LogP contribution in [0.4, 0.5) is 0 Å². The van der Waals surface area contributed by atoms with Crippen molar-refractivity contribution >= 4 is 5.91 Å². The van der Waals surface area contributed by atoms with Crippen LogP contribution in [0.3, 0.4) is 0 Å². The van der Waals surface area contributed by atoms with E-state index in [1.165, 1.54) is 26.0 Å². The van der Waals surface area contributed by atoms with Crippen molar-refractivity contribution in [3.05, 3.63) is 23.8 Å². The van der Waals surface area contributed by atoms with Gasteiger partial charge >= 0.3 is 0 Å². The number of nitrogens with one attached hydrogen (secondary N) is 1. The van der Waals surface area contributed by atoms with E-state index >= 15 is 0 Å². The number of hydrogen-bond donors (Lipinski definition) is 2. The molecule has 5 heteroatoms. The molecule has 0 aromatic heterocycles. The quantitative estimate of drug-likeness (QED) is 0.840. The van der Waals surface area contributed by atoms with Gasteiger partial charge in [-0.25, -0.2) is 0 Å². The molecular formula is C16H24N2O3. The summed E-state index contributed by atoms with van der Waals surface area (Å²) in [5, 5.41) is 12.7. The lowest BCUT2D eigenvalue weighted by atomic mass is 10.1. The summed E-state index contributed by atoms with van der Waals surface area (Å²) in [6, 6.07) is 4.69. The molecule has 1 aromatic rings. The Morgan fingerprint density at radius 2 is 2.14 bits per heavy atom. The van der Waals surface area contributed by atoms with E-state index in [0.29, 0.717) is 18.2 Å². The number of methoxy groups -OCH3 is 1. The Morgan fingerprint density at radius 1 is 1.43 bits per heavy atom. The third-order valence-electron chi connectivity index (χ3n) is 3.83. The molecular weight excluding hydrogens is 268 g/mol. The lowest BCUT2D eigenvalue weighted by molar-refractivity contribution is 0.0942.